The molecule has 0 spiro atoms. The third-order valence-electron chi connectivity index (χ3n) is 2.14. The smallest absolute Gasteiger partial charge is 0.395 e. The maximum Gasteiger partial charge on any atom is 0.402 e. The van der Waals surface area contributed by atoms with Gasteiger partial charge in [-0.25, -0.2) is 12.8 Å². The minimum atomic E-state index is -4.75. The molecule has 0 atom stereocenters. The van der Waals surface area contributed by atoms with E-state index in [9.17, 15) is 26.0 Å². The number of aliphatic hydroxyl groups excluding tert-OH is 1. The summed E-state index contributed by atoms with van der Waals surface area (Å²) < 4.78 is 73.7. The standard InChI is InChI=1S/C10H11F4NO3S/c11-8-2-1-3-9(6-8)19(17,18)15(4-5-16)7-10(12,13)14/h1-3,6,16H,4-5,7H2. The average Bonchev–Trinajstić information content (AvgIpc) is 2.26. The summed E-state index contributed by atoms with van der Waals surface area (Å²) in [5.41, 5.74) is 0. The van der Waals surface area contributed by atoms with Crippen LogP contribution in [0.25, 0.3) is 0 Å². The molecule has 19 heavy (non-hydrogen) atoms. The van der Waals surface area contributed by atoms with Crippen LogP contribution in [0.4, 0.5) is 17.6 Å². The molecule has 0 saturated carbocycles. The number of sulfonamides is 1. The van der Waals surface area contributed by atoms with Crippen molar-refractivity contribution in [2.75, 3.05) is 19.7 Å². The number of halogens is 4. The van der Waals surface area contributed by atoms with Crippen molar-refractivity contribution in [3.05, 3.63) is 30.1 Å². The first-order chi connectivity index (χ1) is 8.66. The summed E-state index contributed by atoms with van der Waals surface area (Å²) in [6.07, 6.45) is -4.75. The molecule has 9 heteroatoms. The summed E-state index contributed by atoms with van der Waals surface area (Å²) in [4.78, 5) is -0.592. The lowest BCUT2D eigenvalue weighted by atomic mass is 10.4. The molecule has 0 unspecified atom stereocenters. The lowest BCUT2D eigenvalue weighted by molar-refractivity contribution is -0.136. The summed E-state index contributed by atoms with van der Waals surface area (Å²) in [6, 6.07) is 3.65. The molecule has 0 saturated heterocycles. The third-order valence-corrected chi connectivity index (χ3v) is 3.98. The van der Waals surface area contributed by atoms with Crippen molar-refractivity contribution in [1.82, 2.24) is 4.31 Å². The Balaban J connectivity index is 3.13. The van der Waals surface area contributed by atoms with Gasteiger partial charge in [-0.3, -0.25) is 0 Å². The average molecular weight is 301 g/mol. The van der Waals surface area contributed by atoms with Gasteiger partial charge in [0.15, 0.2) is 0 Å². The van der Waals surface area contributed by atoms with Crippen molar-refractivity contribution in [2.24, 2.45) is 0 Å². The van der Waals surface area contributed by atoms with Gasteiger partial charge in [0.25, 0.3) is 0 Å². The van der Waals surface area contributed by atoms with Gasteiger partial charge in [0, 0.05) is 6.54 Å². The van der Waals surface area contributed by atoms with Crippen LogP contribution in [-0.2, 0) is 10.0 Å². The number of hydrogen-bond acceptors (Lipinski definition) is 3. The Kier molecular flexibility index (Phi) is 4.88. The van der Waals surface area contributed by atoms with Crippen LogP contribution >= 0.6 is 0 Å². The molecule has 108 valence electrons. The van der Waals surface area contributed by atoms with Gasteiger partial charge in [-0.05, 0) is 18.2 Å². The first-order valence-corrected chi connectivity index (χ1v) is 6.54. The van der Waals surface area contributed by atoms with Crippen LogP contribution in [0.3, 0.4) is 0 Å². The molecule has 0 amide bonds. The highest BCUT2D eigenvalue weighted by atomic mass is 32.2. The van der Waals surface area contributed by atoms with Gasteiger partial charge >= 0.3 is 6.18 Å². The van der Waals surface area contributed by atoms with E-state index in [1.54, 1.807) is 0 Å². The van der Waals surface area contributed by atoms with E-state index >= 15 is 0 Å². The van der Waals surface area contributed by atoms with Gasteiger partial charge in [0.05, 0.1) is 11.5 Å². The molecule has 0 radical (unpaired) electrons. The molecule has 0 aliphatic carbocycles. The van der Waals surface area contributed by atoms with Gasteiger partial charge in [-0.2, -0.15) is 17.5 Å². The maximum absolute atomic E-state index is 12.9. The highest BCUT2D eigenvalue weighted by molar-refractivity contribution is 7.89. The number of alkyl halides is 3. The second kappa shape index (κ2) is 5.85. The van der Waals surface area contributed by atoms with Crippen molar-refractivity contribution < 1.29 is 31.1 Å². The predicted octanol–water partition coefficient (Wildman–Crippen LogP) is 1.37. The fourth-order valence-electron chi connectivity index (χ4n) is 1.37. The van der Waals surface area contributed by atoms with E-state index in [0.29, 0.717) is 6.07 Å². The normalized spacial score (nSPS) is 12.9. The van der Waals surface area contributed by atoms with Crippen LogP contribution in [-0.4, -0.2) is 43.7 Å². The minimum Gasteiger partial charge on any atom is -0.395 e. The van der Waals surface area contributed by atoms with Crippen LogP contribution in [0.1, 0.15) is 0 Å². The number of benzene rings is 1. The molecule has 0 aliphatic heterocycles. The summed E-state index contributed by atoms with van der Waals surface area (Å²) in [7, 11) is -4.51. The van der Waals surface area contributed by atoms with E-state index in [2.05, 4.69) is 0 Å². The molecule has 0 aliphatic rings. The third kappa shape index (κ3) is 4.44. The van der Waals surface area contributed by atoms with Crippen molar-refractivity contribution >= 4 is 10.0 Å². The molecule has 0 bridgehead atoms. The zero-order valence-corrected chi connectivity index (χ0v) is 10.4. The minimum absolute atomic E-state index is 0.0573. The lowest BCUT2D eigenvalue weighted by Gasteiger charge is -2.22. The molecular weight excluding hydrogens is 290 g/mol. The topological polar surface area (TPSA) is 57.6 Å². The monoisotopic (exact) mass is 301 g/mol. The van der Waals surface area contributed by atoms with Crippen LogP contribution in [0.5, 0.6) is 0 Å². The Morgan fingerprint density at radius 3 is 2.37 bits per heavy atom. The molecule has 0 heterocycles. The van der Waals surface area contributed by atoms with Gasteiger partial charge in [-0.1, -0.05) is 6.07 Å². The van der Waals surface area contributed by atoms with Crippen LogP contribution in [0.2, 0.25) is 0 Å². The largest absolute Gasteiger partial charge is 0.402 e. The van der Waals surface area contributed by atoms with E-state index in [1.165, 1.54) is 0 Å². The highest BCUT2D eigenvalue weighted by Crippen LogP contribution is 2.22. The molecule has 0 fully saturated rings. The van der Waals surface area contributed by atoms with Crippen molar-refractivity contribution in [3.63, 3.8) is 0 Å². The Labute approximate surface area is 107 Å². The molecule has 1 aromatic rings. The summed E-state index contributed by atoms with van der Waals surface area (Å²) in [5.74, 6) is -0.878. The fourth-order valence-corrected chi connectivity index (χ4v) is 2.82. The SMILES string of the molecule is O=S(=O)(c1cccc(F)c1)N(CCO)CC(F)(F)F. The van der Waals surface area contributed by atoms with Crippen LogP contribution in [0, 0.1) is 5.82 Å². The second-order valence-electron chi connectivity index (χ2n) is 3.63. The maximum atomic E-state index is 12.9. The Bertz CT molecular complexity index is 530. The first-order valence-electron chi connectivity index (χ1n) is 5.10. The molecule has 1 rings (SSSR count). The van der Waals surface area contributed by atoms with Crippen molar-refractivity contribution in [3.8, 4) is 0 Å². The zero-order valence-electron chi connectivity index (χ0n) is 9.56. The lowest BCUT2D eigenvalue weighted by Crippen LogP contribution is -2.40. The van der Waals surface area contributed by atoms with Crippen molar-refractivity contribution in [1.29, 1.82) is 0 Å². The molecule has 1 N–H and O–H groups in total. The van der Waals surface area contributed by atoms with Gasteiger partial charge < -0.3 is 5.11 Å². The van der Waals surface area contributed by atoms with E-state index in [-0.39, 0.29) is 4.31 Å². The van der Waals surface area contributed by atoms with Gasteiger partial charge in [0.2, 0.25) is 10.0 Å². The molecule has 1 aromatic carbocycles. The number of rotatable bonds is 5. The number of nitrogens with zero attached hydrogens (tertiary/aromatic N) is 1. The van der Waals surface area contributed by atoms with E-state index in [1.807, 2.05) is 0 Å². The Morgan fingerprint density at radius 1 is 1.26 bits per heavy atom. The first kappa shape index (κ1) is 15.9. The van der Waals surface area contributed by atoms with Crippen LogP contribution in [0.15, 0.2) is 29.2 Å². The van der Waals surface area contributed by atoms with Crippen molar-refractivity contribution in [2.45, 2.75) is 11.1 Å². The summed E-state index contributed by atoms with van der Waals surface area (Å²) >= 11 is 0. The highest BCUT2D eigenvalue weighted by Gasteiger charge is 2.36. The number of hydrogen-bond donors (Lipinski definition) is 1. The molecule has 4 nitrogen and oxygen atoms in total. The second-order valence-corrected chi connectivity index (χ2v) is 5.57. The Morgan fingerprint density at radius 2 is 1.89 bits per heavy atom. The molecular formula is C10H11F4NO3S. The van der Waals surface area contributed by atoms with Crippen LogP contribution < -0.4 is 0 Å². The zero-order chi connectivity index (χ0) is 14.7. The van der Waals surface area contributed by atoms with Gasteiger partial charge in [-0.15, -0.1) is 0 Å². The summed E-state index contributed by atoms with van der Waals surface area (Å²) in [6.45, 7) is -3.24. The predicted molar refractivity (Wildman–Crippen MR) is 58.3 cm³/mol. The quantitative estimate of drug-likeness (QED) is 0.836. The van der Waals surface area contributed by atoms with Gasteiger partial charge in [0.1, 0.15) is 12.4 Å². The Hall–Kier alpha value is -1.19. The van der Waals surface area contributed by atoms with E-state index in [4.69, 9.17) is 5.11 Å². The van der Waals surface area contributed by atoms with E-state index in [0.717, 1.165) is 18.2 Å². The molecule has 0 aromatic heterocycles. The fraction of sp³-hybridized carbons (Fsp3) is 0.400. The summed E-state index contributed by atoms with van der Waals surface area (Å²) in [5, 5.41) is 8.65. The van der Waals surface area contributed by atoms with E-state index < -0.39 is 46.6 Å². The number of aliphatic hydroxyl groups is 1.